The molecule has 5 heteroatoms. The lowest BCUT2D eigenvalue weighted by atomic mass is 10.1. The molecule has 2 aromatic rings. The van der Waals surface area contributed by atoms with E-state index in [0.717, 1.165) is 11.3 Å². The van der Waals surface area contributed by atoms with Gasteiger partial charge in [0.15, 0.2) is 0 Å². The predicted octanol–water partition coefficient (Wildman–Crippen LogP) is 1.91. The summed E-state index contributed by atoms with van der Waals surface area (Å²) in [6.45, 7) is 0. The first-order valence-electron chi connectivity index (χ1n) is 6.57. The number of nitrogens with two attached hydrogens (primary N) is 1. The molecule has 0 aliphatic heterocycles. The van der Waals surface area contributed by atoms with Gasteiger partial charge in [-0.05, 0) is 48.4 Å². The highest BCUT2D eigenvalue weighted by atomic mass is 16.5. The largest absolute Gasteiger partial charge is 0.508 e. The predicted molar refractivity (Wildman–Crippen MR) is 81.4 cm³/mol. The SMILES string of the molecule is COc1ccc(NC(=O)C(N)Cc2ccc(O)cc2)cc1. The first-order chi connectivity index (χ1) is 10.1. The Balaban J connectivity index is 1.93. The Morgan fingerprint density at radius 1 is 1.19 bits per heavy atom. The number of ether oxygens (including phenoxy) is 1. The van der Waals surface area contributed by atoms with Crippen LogP contribution in [0.25, 0.3) is 0 Å². The van der Waals surface area contributed by atoms with Crippen LogP contribution in [0.4, 0.5) is 5.69 Å². The monoisotopic (exact) mass is 286 g/mol. The molecule has 110 valence electrons. The Bertz CT molecular complexity index is 594. The summed E-state index contributed by atoms with van der Waals surface area (Å²) >= 11 is 0. The third-order valence-corrected chi connectivity index (χ3v) is 3.09. The molecule has 0 saturated heterocycles. The maximum atomic E-state index is 12.0. The van der Waals surface area contributed by atoms with E-state index in [1.807, 2.05) is 0 Å². The molecule has 2 rings (SSSR count). The normalized spacial score (nSPS) is 11.7. The summed E-state index contributed by atoms with van der Waals surface area (Å²) in [7, 11) is 1.58. The second-order valence-corrected chi connectivity index (χ2v) is 4.69. The number of carbonyl (C=O) groups excluding carboxylic acids is 1. The molecule has 0 heterocycles. The van der Waals surface area contributed by atoms with E-state index < -0.39 is 6.04 Å². The van der Waals surface area contributed by atoms with Crippen molar-refractivity contribution in [3.63, 3.8) is 0 Å². The number of hydrogen-bond donors (Lipinski definition) is 3. The van der Waals surface area contributed by atoms with E-state index in [4.69, 9.17) is 10.5 Å². The number of carbonyl (C=O) groups is 1. The summed E-state index contributed by atoms with van der Waals surface area (Å²) < 4.78 is 5.05. The van der Waals surface area contributed by atoms with Crippen molar-refractivity contribution in [1.82, 2.24) is 0 Å². The second kappa shape index (κ2) is 6.76. The number of nitrogens with one attached hydrogen (secondary N) is 1. The van der Waals surface area contributed by atoms with Gasteiger partial charge in [0.25, 0.3) is 0 Å². The van der Waals surface area contributed by atoms with Crippen molar-refractivity contribution in [2.75, 3.05) is 12.4 Å². The maximum Gasteiger partial charge on any atom is 0.241 e. The Kier molecular flexibility index (Phi) is 4.79. The first-order valence-corrected chi connectivity index (χ1v) is 6.57. The Morgan fingerprint density at radius 2 is 1.81 bits per heavy atom. The molecule has 0 radical (unpaired) electrons. The zero-order valence-corrected chi connectivity index (χ0v) is 11.7. The van der Waals surface area contributed by atoms with E-state index in [9.17, 15) is 9.90 Å². The van der Waals surface area contributed by atoms with Crippen LogP contribution in [0.15, 0.2) is 48.5 Å². The van der Waals surface area contributed by atoms with E-state index in [1.54, 1.807) is 55.6 Å². The summed E-state index contributed by atoms with van der Waals surface area (Å²) in [5, 5.41) is 12.0. The maximum absolute atomic E-state index is 12.0. The number of phenolic OH excluding ortho intramolecular Hbond substituents is 1. The molecule has 21 heavy (non-hydrogen) atoms. The van der Waals surface area contributed by atoms with E-state index in [0.29, 0.717) is 12.1 Å². The van der Waals surface area contributed by atoms with Crippen LogP contribution in [0.5, 0.6) is 11.5 Å². The van der Waals surface area contributed by atoms with Gasteiger partial charge in [0, 0.05) is 5.69 Å². The minimum Gasteiger partial charge on any atom is -0.508 e. The van der Waals surface area contributed by atoms with Crippen LogP contribution in [0.3, 0.4) is 0 Å². The molecular formula is C16H18N2O3. The number of hydrogen-bond acceptors (Lipinski definition) is 4. The Hall–Kier alpha value is -2.53. The fourth-order valence-electron chi connectivity index (χ4n) is 1.89. The van der Waals surface area contributed by atoms with Gasteiger partial charge in [0.05, 0.1) is 13.2 Å². The van der Waals surface area contributed by atoms with Crippen LogP contribution < -0.4 is 15.8 Å². The summed E-state index contributed by atoms with van der Waals surface area (Å²) in [6.07, 6.45) is 0.405. The topological polar surface area (TPSA) is 84.6 Å². The molecule has 1 unspecified atom stereocenters. The van der Waals surface area contributed by atoms with Crippen LogP contribution in [-0.4, -0.2) is 24.2 Å². The molecule has 5 nitrogen and oxygen atoms in total. The van der Waals surface area contributed by atoms with Crippen LogP contribution in [0.2, 0.25) is 0 Å². The molecule has 0 aliphatic rings. The smallest absolute Gasteiger partial charge is 0.241 e. The van der Waals surface area contributed by atoms with Crippen molar-refractivity contribution in [3.8, 4) is 11.5 Å². The van der Waals surface area contributed by atoms with E-state index in [1.165, 1.54) is 0 Å². The zero-order chi connectivity index (χ0) is 15.2. The zero-order valence-electron chi connectivity index (χ0n) is 11.7. The fourth-order valence-corrected chi connectivity index (χ4v) is 1.89. The summed E-state index contributed by atoms with van der Waals surface area (Å²) in [4.78, 5) is 12.0. The van der Waals surface area contributed by atoms with Crippen LogP contribution in [-0.2, 0) is 11.2 Å². The summed E-state index contributed by atoms with van der Waals surface area (Å²) in [6, 6.07) is 13.0. The third kappa shape index (κ3) is 4.22. The van der Waals surface area contributed by atoms with Gasteiger partial charge in [0.1, 0.15) is 11.5 Å². The molecule has 1 amide bonds. The van der Waals surface area contributed by atoms with Crippen LogP contribution in [0.1, 0.15) is 5.56 Å². The van der Waals surface area contributed by atoms with Crippen molar-refractivity contribution in [3.05, 3.63) is 54.1 Å². The molecule has 2 aromatic carbocycles. The van der Waals surface area contributed by atoms with Gasteiger partial charge in [-0.1, -0.05) is 12.1 Å². The van der Waals surface area contributed by atoms with Crippen molar-refractivity contribution in [2.45, 2.75) is 12.5 Å². The fraction of sp³-hybridized carbons (Fsp3) is 0.188. The van der Waals surface area contributed by atoms with E-state index >= 15 is 0 Å². The van der Waals surface area contributed by atoms with E-state index in [-0.39, 0.29) is 11.7 Å². The van der Waals surface area contributed by atoms with Crippen molar-refractivity contribution in [2.24, 2.45) is 5.73 Å². The lowest BCUT2D eigenvalue weighted by molar-refractivity contribution is -0.117. The minimum atomic E-state index is -0.656. The lowest BCUT2D eigenvalue weighted by Crippen LogP contribution is -2.37. The molecule has 0 fully saturated rings. The van der Waals surface area contributed by atoms with Crippen molar-refractivity contribution >= 4 is 11.6 Å². The van der Waals surface area contributed by atoms with Crippen molar-refractivity contribution < 1.29 is 14.6 Å². The Morgan fingerprint density at radius 3 is 2.38 bits per heavy atom. The average molecular weight is 286 g/mol. The number of aromatic hydroxyl groups is 1. The van der Waals surface area contributed by atoms with Gasteiger partial charge in [0.2, 0.25) is 5.91 Å². The first kappa shape index (κ1) is 14.9. The molecule has 4 N–H and O–H groups in total. The molecule has 0 aliphatic carbocycles. The van der Waals surface area contributed by atoms with Gasteiger partial charge < -0.3 is 20.9 Å². The van der Waals surface area contributed by atoms with Gasteiger partial charge in [-0.25, -0.2) is 0 Å². The molecule has 0 bridgehead atoms. The number of anilines is 1. The highest BCUT2D eigenvalue weighted by Gasteiger charge is 2.14. The highest BCUT2D eigenvalue weighted by molar-refractivity contribution is 5.94. The molecule has 0 spiro atoms. The minimum absolute atomic E-state index is 0.190. The molecular weight excluding hydrogens is 268 g/mol. The Labute approximate surface area is 123 Å². The molecule has 0 aromatic heterocycles. The van der Waals surface area contributed by atoms with Gasteiger partial charge in [-0.2, -0.15) is 0 Å². The summed E-state index contributed by atoms with van der Waals surface area (Å²) in [5.41, 5.74) is 7.45. The number of methoxy groups -OCH3 is 1. The number of rotatable bonds is 5. The van der Waals surface area contributed by atoms with Gasteiger partial charge in [-0.15, -0.1) is 0 Å². The molecule has 1 atom stereocenters. The second-order valence-electron chi connectivity index (χ2n) is 4.69. The molecule has 0 saturated carbocycles. The van der Waals surface area contributed by atoms with Gasteiger partial charge in [-0.3, -0.25) is 4.79 Å². The number of phenols is 1. The standard InChI is InChI=1S/C16H18N2O3/c1-21-14-8-4-12(5-9-14)18-16(20)15(17)10-11-2-6-13(19)7-3-11/h2-9,15,19H,10,17H2,1H3,(H,18,20). The number of amides is 1. The number of benzene rings is 2. The van der Waals surface area contributed by atoms with Gasteiger partial charge >= 0.3 is 0 Å². The summed E-state index contributed by atoms with van der Waals surface area (Å²) in [5.74, 6) is 0.657. The van der Waals surface area contributed by atoms with Crippen LogP contribution in [0, 0.1) is 0 Å². The van der Waals surface area contributed by atoms with Crippen LogP contribution >= 0.6 is 0 Å². The lowest BCUT2D eigenvalue weighted by Gasteiger charge is -2.12. The average Bonchev–Trinajstić information content (AvgIpc) is 2.50. The third-order valence-electron chi connectivity index (χ3n) is 3.09. The highest BCUT2D eigenvalue weighted by Crippen LogP contribution is 2.16. The quantitative estimate of drug-likeness (QED) is 0.784. The van der Waals surface area contributed by atoms with E-state index in [2.05, 4.69) is 5.32 Å². The van der Waals surface area contributed by atoms with Crippen molar-refractivity contribution in [1.29, 1.82) is 0 Å².